The molecule has 0 saturated heterocycles. The van der Waals surface area contributed by atoms with Gasteiger partial charge in [0.05, 0.1) is 26.3 Å². The minimum atomic E-state index is -0.446. The molecule has 1 aliphatic heterocycles. The van der Waals surface area contributed by atoms with Gasteiger partial charge in [0.15, 0.2) is 11.5 Å². The van der Waals surface area contributed by atoms with Gasteiger partial charge in [-0.25, -0.2) is 0 Å². The third-order valence-corrected chi connectivity index (χ3v) is 6.32. The fourth-order valence-electron chi connectivity index (χ4n) is 4.12. The molecule has 2 aromatic carbocycles. The molecule has 0 aliphatic carbocycles. The average molecular weight is 446 g/mol. The molecular formula is C24H31NO5S. The molecule has 0 radical (unpaired) electrons. The molecule has 31 heavy (non-hydrogen) atoms. The predicted molar refractivity (Wildman–Crippen MR) is 127 cm³/mol. The first kappa shape index (κ1) is 23.0. The fourth-order valence-corrected chi connectivity index (χ4v) is 4.54. The van der Waals surface area contributed by atoms with Crippen LogP contribution in [0.2, 0.25) is 0 Å². The molecule has 0 amide bonds. The van der Waals surface area contributed by atoms with Crippen LogP contribution in [0.25, 0.3) is 0 Å². The van der Waals surface area contributed by atoms with Crippen LogP contribution in [-0.4, -0.2) is 37.0 Å². The number of hydrogen-bond acceptors (Lipinski definition) is 6. The van der Waals surface area contributed by atoms with Gasteiger partial charge < -0.3 is 29.4 Å². The molecule has 0 bridgehead atoms. The van der Waals surface area contributed by atoms with Gasteiger partial charge in [-0.2, -0.15) is 0 Å². The number of anilines is 1. The van der Waals surface area contributed by atoms with Crippen molar-refractivity contribution in [2.24, 2.45) is 0 Å². The Balaban J connectivity index is 1.81. The third kappa shape index (κ3) is 4.37. The maximum absolute atomic E-state index is 10.4. The Kier molecular flexibility index (Phi) is 6.55. The molecule has 0 fully saturated rings. The van der Waals surface area contributed by atoms with Crippen molar-refractivity contribution >= 4 is 22.9 Å². The Morgan fingerprint density at radius 1 is 1.06 bits per heavy atom. The van der Waals surface area contributed by atoms with Gasteiger partial charge in [-0.05, 0) is 57.2 Å². The number of hydrogen-bond donors (Lipinski definition) is 2. The van der Waals surface area contributed by atoms with Gasteiger partial charge in [0.25, 0.3) is 0 Å². The van der Waals surface area contributed by atoms with Crippen molar-refractivity contribution in [1.29, 1.82) is 0 Å². The molecule has 1 unspecified atom stereocenters. The second-order valence-electron chi connectivity index (χ2n) is 8.22. The SMILES string of the molecule is COc1cc(NC(=S)CC2(C)CCc3c(C)c(O)c(C)c(C)c3O2)cc(OC)c1OC. The standard InChI is InChI=1S/C24H31NO5S/c1-13-14(2)22-17(15(3)21(13)26)8-9-24(4,30-22)12-20(31)25-16-10-18(27-5)23(29-7)19(11-16)28-6/h10-11,26H,8-9,12H2,1-7H3,(H,25,31). The average Bonchev–Trinajstić information content (AvgIpc) is 2.74. The first-order valence-corrected chi connectivity index (χ1v) is 10.7. The Labute approximate surface area is 189 Å². The van der Waals surface area contributed by atoms with Crippen LogP contribution < -0.4 is 24.3 Å². The molecular weight excluding hydrogens is 414 g/mol. The van der Waals surface area contributed by atoms with E-state index >= 15 is 0 Å². The van der Waals surface area contributed by atoms with E-state index in [4.69, 9.17) is 31.2 Å². The van der Waals surface area contributed by atoms with E-state index in [1.54, 1.807) is 21.3 Å². The van der Waals surface area contributed by atoms with Crippen molar-refractivity contribution in [3.8, 4) is 28.7 Å². The van der Waals surface area contributed by atoms with E-state index in [0.29, 0.717) is 34.4 Å². The van der Waals surface area contributed by atoms with Gasteiger partial charge in [0.2, 0.25) is 5.75 Å². The zero-order valence-corrected chi connectivity index (χ0v) is 20.1. The number of phenolic OH excluding ortho intramolecular Hbond substituents is 1. The fraction of sp³-hybridized carbons (Fsp3) is 0.458. The Morgan fingerprint density at radius 3 is 2.23 bits per heavy atom. The van der Waals surface area contributed by atoms with Gasteiger partial charge >= 0.3 is 0 Å². The van der Waals surface area contributed by atoms with Crippen LogP contribution in [0.4, 0.5) is 5.69 Å². The summed E-state index contributed by atoms with van der Waals surface area (Å²) in [6.45, 7) is 7.94. The van der Waals surface area contributed by atoms with Crippen LogP contribution in [-0.2, 0) is 6.42 Å². The number of benzene rings is 2. The van der Waals surface area contributed by atoms with Crippen molar-refractivity contribution in [1.82, 2.24) is 0 Å². The summed E-state index contributed by atoms with van der Waals surface area (Å²) in [5.41, 5.74) is 4.14. The highest BCUT2D eigenvalue weighted by molar-refractivity contribution is 7.80. The lowest BCUT2D eigenvalue weighted by atomic mass is 9.85. The maximum Gasteiger partial charge on any atom is 0.203 e. The van der Waals surface area contributed by atoms with E-state index in [1.807, 2.05) is 32.9 Å². The van der Waals surface area contributed by atoms with Crippen molar-refractivity contribution in [3.63, 3.8) is 0 Å². The molecule has 168 valence electrons. The highest BCUT2D eigenvalue weighted by Crippen LogP contribution is 2.44. The van der Waals surface area contributed by atoms with Gasteiger partial charge in [0.1, 0.15) is 17.1 Å². The summed E-state index contributed by atoms with van der Waals surface area (Å²) < 4.78 is 22.7. The second-order valence-corrected chi connectivity index (χ2v) is 8.72. The Morgan fingerprint density at radius 2 is 1.68 bits per heavy atom. The largest absolute Gasteiger partial charge is 0.507 e. The first-order valence-electron chi connectivity index (χ1n) is 10.2. The van der Waals surface area contributed by atoms with Crippen molar-refractivity contribution in [2.75, 3.05) is 26.6 Å². The van der Waals surface area contributed by atoms with Crippen LogP contribution in [0.5, 0.6) is 28.7 Å². The summed E-state index contributed by atoms with van der Waals surface area (Å²) in [6, 6.07) is 3.65. The van der Waals surface area contributed by atoms with E-state index in [0.717, 1.165) is 46.5 Å². The van der Waals surface area contributed by atoms with E-state index < -0.39 is 5.60 Å². The lowest BCUT2D eigenvalue weighted by Crippen LogP contribution is -2.40. The van der Waals surface area contributed by atoms with Crippen molar-refractivity contribution in [3.05, 3.63) is 34.4 Å². The lowest BCUT2D eigenvalue weighted by Gasteiger charge is -2.38. The van der Waals surface area contributed by atoms with Crippen LogP contribution in [0.15, 0.2) is 12.1 Å². The molecule has 3 rings (SSSR count). The van der Waals surface area contributed by atoms with Gasteiger partial charge in [0, 0.05) is 29.8 Å². The van der Waals surface area contributed by atoms with E-state index in [-0.39, 0.29) is 0 Å². The summed E-state index contributed by atoms with van der Waals surface area (Å²) >= 11 is 5.67. The van der Waals surface area contributed by atoms with E-state index in [9.17, 15) is 5.11 Å². The second kappa shape index (κ2) is 8.83. The topological polar surface area (TPSA) is 69.2 Å². The number of aromatic hydroxyl groups is 1. The van der Waals surface area contributed by atoms with Crippen LogP contribution >= 0.6 is 12.2 Å². The molecule has 0 spiro atoms. The molecule has 1 heterocycles. The number of methoxy groups -OCH3 is 3. The highest BCUT2D eigenvalue weighted by atomic mass is 32.1. The first-order chi connectivity index (χ1) is 14.6. The van der Waals surface area contributed by atoms with Crippen LogP contribution in [0.3, 0.4) is 0 Å². The summed E-state index contributed by atoms with van der Waals surface area (Å²) in [5, 5.41) is 13.7. The van der Waals surface area contributed by atoms with Gasteiger partial charge in [-0.3, -0.25) is 0 Å². The number of thiocarbonyl (C=S) groups is 1. The van der Waals surface area contributed by atoms with Gasteiger partial charge in [-0.15, -0.1) is 0 Å². The minimum Gasteiger partial charge on any atom is -0.507 e. The Hall–Kier alpha value is -2.67. The quantitative estimate of drug-likeness (QED) is 0.588. The molecule has 6 nitrogen and oxygen atoms in total. The van der Waals surface area contributed by atoms with E-state index in [1.165, 1.54) is 0 Å². The molecule has 2 N–H and O–H groups in total. The molecule has 2 aromatic rings. The van der Waals surface area contributed by atoms with Crippen LogP contribution in [0.1, 0.15) is 42.0 Å². The summed E-state index contributed by atoms with van der Waals surface area (Å²) in [4.78, 5) is 0.657. The summed E-state index contributed by atoms with van der Waals surface area (Å²) in [7, 11) is 4.73. The maximum atomic E-state index is 10.4. The number of phenols is 1. The number of rotatable bonds is 6. The number of nitrogens with one attached hydrogen (secondary N) is 1. The molecule has 0 aromatic heterocycles. The Bertz CT molecular complexity index is 995. The molecule has 0 saturated carbocycles. The number of fused-ring (bicyclic) bond motifs is 1. The van der Waals surface area contributed by atoms with Gasteiger partial charge in [-0.1, -0.05) is 12.2 Å². The monoisotopic (exact) mass is 445 g/mol. The zero-order valence-electron chi connectivity index (χ0n) is 19.3. The predicted octanol–water partition coefficient (Wildman–Crippen LogP) is 5.26. The zero-order chi connectivity index (χ0) is 22.9. The van der Waals surface area contributed by atoms with E-state index in [2.05, 4.69) is 12.2 Å². The minimum absolute atomic E-state index is 0.364. The highest BCUT2D eigenvalue weighted by Gasteiger charge is 2.35. The molecule has 1 aliphatic rings. The molecule has 1 atom stereocenters. The normalized spacial score (nSPS) is 17.4. The van der Waals surface area contributed by atoms with Crippen molar-refractivity contribution in [2.45, 2.75) is 52.6 Å². The van der Waals surface area contributed by atoms with Crippen LogP contribution in [0, 0.1) is 20.8 Å². The smallest absolute Gasteiger partial charge is 0.203 e. The summed E-state index contributed by atoms with van der Waals surface area (Å²) in [5.74, 6) is 2.88. The lowest BCUT2D eigenvalue weighted by molar-refractivity contribution is 0.0716. The number of ether oxygens (including phenoxy) is 4. The third-order valence-electron chi connectivity index (χ3n) is 6.08. The molecule has 7 heteroatoms. The summed E-state index contributed by atoms with van der Waals surface area (Å²) in [6.07, 6.45) is 2.19. The van der Waals surface area contributed by atoms with Crippen molar-refractivity contribution < 1.29 is 24.1 Å².